The van der Waals surface area contributed by atoms with Gasteiger partial charge in [0.05, 0.1) is 18.7 Å². The van der Waals surface area contributed by atoms with Crippen LogP contribution >= 0.6 is 0 Å². The number of carbonyl (C=O) groups excluding carboxylic acids is 1. The Morgan fingerprint density at radius 1 is 1.69 bits per heavy atom. The van der Waals surface area contributed by atoms with Crippen molar-refractivity contribution >= 4 is 5.91 Å². The molecule has 0 spiro atoms. The average Bonchev–Trinajstić information content (AvgIpc) is 3.08. The molecule has 0 aromatic rings. The maximum absolute atomic E-state index is 11.6. The number of nitrogens with zero attached hydrogens (tertiary/aromatic N) is 1. The van der Waals surface area contributed by atoms with Crippen LogP contribution in [0, 0.1) is 18.3 Å². The molecule has 0 saturated heterocycles. The number of hydrogen-bond donors (Lipinski definition) is 2. The molecular formula is C12H20N2O2. The molecule has 4 heteroatoms. The summed E-state index contributed by atoms with van der Waals surface area (Å²) in [5, 5.41) is 12.4. The zero-order valence-corrected chi connectivity index (χ0v) is 9.94. The van der Waals surface area contributed by atoms with E-state index in [2.05, 4.69) is 11.2 Å². The maximum atomic E-state index is 11.6. The van der Waals surface area contributed by atoms with Gasteiger partial charge in [-0.2, -0.15) is 0 Å². The average molecular weight is 224 g/mol. The third kappa shape index (κ3) is 3.84. The molecule has 2 atom stereocenters. The van der Waals surface area contributed by atoms with Crippen molar-refractivity contribution in [3.05, 3.63) is 0 Å². The molecule has 0 aliphatic heterocycles. The van der Waals surface area contributed by atoms with E-state index < -0.39 is 0 Å². The highest BCUT2D eigenvalue weighted by atomic mass is 16.3. The highest BCUT2D eigenvalue weighted by Crippen LogP contribution is 2.32. The van der Waals surface area contributed by atoms with Gasteiger partial charge in [0.1, 0.15) is 0 Å². The molecule has 0 radical (unpaired) electrons. The molecule has 2 N–H and O–H groups in total. The molecule has 16 heavy (non-hydrogen) atoms. The third-order valence-corrected chi connectivity index (χ3v) is 3.05. The van der Waals surface area contributed by atoms with E-state index in [1.54, 1.807) is 0 Å². The van der Waals surface area contributed by atoms with Crippen LogP contribution in [0.3, 0.4) is 0 Å². The summed E-state index contributed by atoms with van der Waals surface area (Å²) < 4.78 is 0. The lowest BCUT2D eigenvalue weighted by molar-refractivity contribution is -0.125. The Balaban J connectivity index is 2.31. The standard InChI is InChI=1S/C12H20N2O2/c1-4-7-13-12(16)9(2)14(3)8-11(15)10-5-6-10/h1,9-11,15H,5-8H2,2-3H3,(H,13,16). The fraction of sp³-hybridized carbons (Fsp3) is 0.750. The molecular weight excluding hydrogens is 204 g/mol. The maximum Gasteiger partial charge on any atom is 0.237 e. The molecule has 2 unspecified atom stereocenters. The van der Waals surface area contributed by atoms with E-state index in [9.17, 15) is 9.90 Å². The van der Waals surface area contributed by atoms with Gasteiger partial charge in [0, 0.05) is 6.54 Å². The molecule has 90 valence electrons. The van der Waals surface area contributed by atoms with Crippen molar-refractivity contribution in [2.45, 2.75) is 31.9 Å². The van der Waals surface area contributed by atoms with Crippen LogP contribution in [0.5, 0.6) is 0 Å². The van der Waals surface area contributed by atoms with Gasteiger partial charge < -0.3 is 10.4 Å². The minimum absolute atomic E-state index is 0.0940. The number of aliphatic hydroxyl groups excluding tert-OH is 1. The summed E-state index contributed by atoms with van der Waals surface area (Å²) in [6.45, 7) is 2.60. The van der Waals surface area contributed by atoms with Crippen LogP contribution in [-0.4, -0.2) is 48.2 Å². The van der Waals surface area contributed by atoms with E-state index in [1.165, 1.54) is 0 Å². The Hall–Kier alpha value is -1.05. The molecule has 1 fully saturated rings. The lowest BCUT2D eigenvalue weighted by Crippen LogP contribution is -2.46. The van der Waals surface area contributed by atoms with E-state index in [0.29, 0.717) is 12.5 Å². The highest BCUT2D eigenvalue weighted by Gasteiger charge is 2.31. The van der Waals surface area contributed by atoms with Crippen molar-refractivity contribution in [2.75, 3.05) is 20.1 Å². The third-order valence-electron chi connectivity index (χ3n) is 3.05. The van der Waals surface area contributed by atoms with Crippen LogP contribution < -0.4 is 5.32 Å². The minimum Gasteiger partial charge on any atom is -0.392 e. The molecule has 0 heterocycles. The van der Waals surface area contributed by atoms with Crippen molar-refractivity contribution in [3.63, 3.8) is 0 Å². The molecule has 1 saturated carbocycles. The Bertz CT molecular complexity index is 281. The van der Waals surface area contributed by atoms with E-state index in [0.717, 1.165) is 12.8 Å². The predicted octanol–water partition coefficient (Wildman–Crippen LogP) is -0.173. The first-order valence-corrected chi connectivity index (χ1v) is 5.65. The molecule has 0 aromatic heterocycles. The number of hydrogen-bond acceptors (Lipinski definition) is 3. The normalized spacial score (nSPS) is 18.9. The van der Waals surface area contributed by atoms with Crippen LogP contribution in [0.4, 0.5) is 0 Å². The first kappa shape index (κ1) is 13.0. The lowest BCUT2D eigenvalue weighted by Gasteiger charge is -2.25. The summed E-state index contributed by atoms with van der Waals surface area (Å²) in [7, 11) is 1.84. The van der Waals surface area contributed by atoms with Gasteiger partial charge in [0.25, 0.3) is 0 Å². The van der Waals surface area contributed by atoms with E-state index in [-0.39, 0.29) is 24.6 Å². The van der Waals surface area contributed by atoms with Gasteiger partial charge in [-0.1, -0.05) is 5.92 Å². The number of nitrogens with one attached hydrogen (secondary N) is 1. The second kappa shape index (κ2) is 5.88. The van der Waals surface area contributed by atoms with Crippen LogP contribution in [0.2, 0.25) is 0 Å². The summed E-state index contributed by atoms with van der Waals surface area (Å²) >= 11 is 0. The number of carbonyl (C=O) groups is 1. The first-order chi connectivity index (χ1) is 7.56. The number of likely N-dealkylation sites (N-methyl/N-ethyl adjacent to an activating group) is 1. The second-order valence-electron chi connectivity index (χ2n) is 4.44. The van der Waals surface area contributed by atoms with E-state index >= 15 is 0 Å². The number of amides is 1. The van der Waals surface area contributed by atoms with Crippen LogP contribution in [-0.2, 0) is 4.79 Å². The fourth-order valence-corrected chi connectivity index (χ4v) is 1.57. The van der Waals surface area contributed by atoms with Gasteiger partial charge in [-0.05, 0) is 32.7 Å². The van der Waals surface area contributed by atoms with Crippen molar-refractivity contribution < 1.29 is 9.90 Å². The molecule has 0 bridgehead atoms. The molecule has 0 aromatic carbocycles. The quantitative estimate of drug-likeness (QED) is 0.616. The largest absolute Gasteiger partial charge is 0.392 e. The molecule has 1 amide bonds. The second-order valence-corrected chi connectivity index (χ2v) is 4.44. The number of aliphatic hydroxyl groups is 1. The van der Waals surface area contributed by atoms with Crippen LogP contribution in [0.1, 0.15) is 19.8 Å². The SMILES string of the molecule is C#CCNC(=O)C(C)N(C)CC(O)C1CC1. The van der Waals surface area contributed by atoms with Crippen LogP contribution in [0.25, 0.3) is 0 Å². The first-order valence-electron chi connectivity index (χ1n) is 5.65. The smallest absolute Gasteiger partial charge is 0.237 e. The highest BCUT2D eigenvalue weighted by molar-refractivity contribution is 5.81. The molecule has 1 rings (SSSR count). The summed E-state index contributed by atoms with van der Waals surface area (Å²) in [6.07, 6.45) is 6.96. The Morgan fingerprint density at radius 2 is 2.31 bits per heavy atom. The van der Waals surface area contributed by atoms with Gasteiger partial charge in [-0.15, -0.1) is 6.42 Å². The number of rotatable bonds is 6. The predicted molar refractivity (Wildman–Crippen MR) is 62.7 cm³/mol. The van der Waals surface area contributed by atoms with E-state index in [1.807, 2.05) is 18.9 Å². The van der Waals surface area contributed by atoms with Gasteiger partial charge in [-0.25, -0.2) is 0 Å². The monoisotopic (exact) mass is 224 g/mol. The Morgan fingerprint density at radius 3 is 2.81 bits per heavy atom. The van der Waals surface area contributed by atoms with Crippen molar-refractivity contribution in [1.82, 2.24) is 10.2 Å². The molecule has 1 aliphatic rings. The lowest BCUT2D eigenvalue weighted by atomic mass is 10.2. The topological polar surface area (TPSA) is 52.6 Å². The fourth-order valence-electron chi connectivity index (χ4n) is 1.57. The Labute approximate surface area is 97.0 Å². The summed E-state index contributed by atoms with van der Waals surface area (Å²) in [5.74, 6) is 2.70. The van der Waals surface area contributed by atoms with Crippen molar-refractivity contribution in [1.29, 1.82) is 0 Å². The van der Waals surface area contributed by atoms with Crippen molar-refractivity contribution in [2.24, 2.45) is 5.92 Å². The van der Waals surface area contributed by atoms with E-state index in [4.69, 9.17) is 6.42 Å². The molecule has 1 aliphatic carbocycles. The zero-order chi connectivity index (χ0) is 12.1. The van der Waals surface area contributed by atoms with Gasteiger partial charge >= 0.3 is 0 Å². The summed E-state index contributed by atoms with van der Waals surface area (Å²) in [5.41, 5.74) is 0. The van der Waals surface area contributed by atoms with Gasteiger partial charge in [0.15, 0.2) is 0 Å². The van der Waals surface area contributed by atoms with Gasteiger partial charge in [0.2, 0.25) is 5.91 Å². The summed E-state index contributed by atoms with van der Waals surface area (Å²) in [4.78, 5) is 13.4. The van der Waals surface area contributed by atoms with Gasteiger partial charge in [-0.3, -0.25) is 9.69 Å². The Kier molecular flexibility index (Phi) is 4.78. The number of terminal acetylenes is 1. The minimum atomic E-state index is -0.312. The van der Waals surface area contributed by atoms with Crippen LogP contribution in [0.15, 0.2) is 0 Å². The molecule has 4 nitrogen and oxygen atoms in total. The zero-order valence-electron chi connectivity index (χ0n) is 9.94. The van der Waals surface area contributed by atoms with Crippen molar-refractivity contribution in [3.8, 4) is 12.3 Å². The summed E-state index contributed by atoms with van der Waals surface area (Å²) in [6, 6.07) is -0.262.